The summed E-state index contributed by atoms with van der Waals surface area (Å²) in [5.41, 5.74) is 4.08. The average Bonchev–Trinajstić information content (AvgIpc) is 2.90. The fourth-order valence-electron chi connectivity index (χ4n) is 2.17. The molecule has 0 aliphatic heterocycles. The van der Waals surface area contributed by atoms with Crippen LogP contribution in [0.2, 0.25) is 0 Å². The highest BCUT2D eigenvalue weighted by Gasteiger charge is 2.06. The van der Waals surface area contributed by atoms with E-state index in [9.17, 15) is 0 Å². The predicted molar refractivity (Wildman–Crippen MR) is 81.5 cm³/mol. The molecule has 4 nitrogen and oxygen atoms in total. The van der Waals surface area contributed by atoms with Crippen molar-refractivity contribution in [1.29, 1.82) is 0 Å². The van der Waals surface area contributed by atoms with Crippen molar-refractivity contribution < 1.29 is 4.74 Å². The average molecular weight is 267 g/mol. The minimum absolute atomic E-state index is 0.841. The van der Waals surface area contributed by atoms with Crippen LogP contribution in [-0.2, 0) is 0 Å². The largest absolute Gasteiger partial charge is 0.497 e. The molecule has 0 N–H and O–H groups in total. The number of hydrogen-bond acceptors (Lipinski definition) is 3. The molecule has 0 atom stereocenters. The number of anilines is 1. The van der Waals surface area contributed by atoms with E-state index >= 15 is 0 Å². The molecule has 1 aromatic carbocycles. The second-order valence-corrected chi connectivity index (χ2v) is 4.90. The summed E-state index contributed by atoms with van der Waals surface area (Å²) in [6.45, 7) is 0. The van der Waals surface area contributed by atoms with Crippen LogP contribution >= 0.6 is 0 Å². The molecule has 0 unspecified atom stereocenters. The number of methoxy groups -OCH3 is 1. The molecule has 2 aromatic heterocycles. The van der Waals surface area contributed by atoms with Crippen LogP contribution in [0, 0.1) is 0 Å². The molecule has 0 saturated heterocycles. The summed E-state index contributed by atoms with van der Waals surface area (Å²) in [7, 11) is 5.72. The van der Waals surface area contributed by atoms with Crippen molar-refractivity contribution in [1.82, 2.24) is 9.38 Å². The quantitative estimate of drug-likeness (QED) is 0.730. The first-order valence-electron chi connectivity index (χ1n) is 6.48. The number of nitrogens with zero attached hydrogens (tertiary/aromatic N) is 3. The number of rotatable bonds is 3. The summed E-state index contributed by atoms with van der Waals surface area (Å²) in [6.07, 6.45) is 4.06. The standard InChI is InChI=1S/C16H17N3O/c1-18(2)13-7-8-19-11-15(17-16(19)10-13)12-5-4-6-14(9-12)20-3/h4-11H,1-3H3. The number of hydrogen-bond donors (Lipinski definition) is 0. The Bertz CT molecular complexity index is 746. The Balaban J connectivity index is 2.08. The van der Waals surface area contributed by atoms with E-state index in [-0.39, 0.29) is 0 Å². The molecule has 0 aliphatic rings. The lowest BCUT2D eigenvalue weighted by atomic mass is 10.1. The molecule has 0 aliphatic carbocycles. The van der Waals surface area contributed by atoms with Crippen molar-refractivity contribution in [2.45, 2.75) is 0 Å². The van der Waals surface area contributed by atoms with Gasteiger partial charge in [-0.2, -0.15) is 0 Å². The van der Waals surface area contributed by atoms with E-state index in [1.807, 2.05) is 55.2 Å². The zero-order valence-electron chi connectivity index (χ0n) is 11.9. The molecule has 0 radical (unpaired) electrons. The van der Waals surface area contributed by atoms with Crippen LogP contribution in [0.3, 0.4) is 0 Å². The lowest BCUT2D eigenvalue weighted by Gasteiger charge is -2.11. The van der Waals surface area contributed by atoms with Gasteiger partial charge in [0.15, 0.2) is 0 Å². The SMILES string of the molecule is COc1cccc(-c2cn3ccc(N(C)C)cc3n2)c1. The Labute approximate surface area is 118 Å². The van der Waals surface area contributed by atoms with Gasteiger partial charge in [0.2, 0.25) is 0 Å². The van der Waals surface area contributed by atoms with Gasteiger partial charge in [0, 0.05) is 43.8 Å². The normalized spacial score (nSPS) is 10.8. The third-order valence-electron chi connectivity index (χ3n) is 3.33. The van der Waals surface area contributed by atoms with Crippen LogP contribution in [0.4, 0.5) is 5.69 Å². The molecule has 0 fully saturated rings. The van der Waals surface area contributed by atoms with E-state index in [1.165, 1.54) is 0 Å². The first-order chi connectivity index (χ1) is 9.67. The third kappa shape index (κ3) is 2.20. The summed E-state index contributed by atoms with van der Waals surface area (Å²) < 4.78 is 7.29. The van der Waals surface area contributed by atoms with Gasteiger partial charge >= 0.3 is 0 Å². The lowest BCUT2D eigenvalue weighted by molar-refractivity contribution is 0.415. The van der Waals surface area contributed by atoms with E-state index in [4.69, 9.17) is 4.74 Å². The highest BCUT2D eigenvalue weighted by atomic mass is 16.5. The van der Waals surface area contributed by atoms with Crippen molar-refractivity contribution in [3.8, 4) is 17.0 Å². The molecule has 0 saturated carbocycles. The van der Waals surface area contributed by atoms with Crippen molar-refractivity contribution in [3.63, 3.8) is 0 Å². The monoisotopic (exact) mass is 267 g/mol. The van der Waals surface area contributed by atoms with Crippen LogP contribution in [0.15, 0.2) is 48.8 Å². The Morgan fingerprint density at radius 1 is 1.15 bits per heavy atom. The van der Waals surface area contributed by atoms with E-state index in [0.29, 0.717) is 0 Å². The number of imidazole rings is 1. The highest BCUT2D eigenvalue weighted by Crippen LogP contribution is 2.24. The van der Waals surface area contributed by atoms with Gasteiger partial charge in [-0.05, 0) is 18.2 Å². The Kier molecular flexibility index (Phi) is 3.06. The van der Waals surface area contributed by atoms with Crippen LogP contribution in [0.25, 0.3) is 16.9 Å². The van der Waals surface area contributed by atoms with Gasteiger partial charge in [-0.15, -0.1) is 0 Å². The van der Waals surface area contributed by atoms with Gasteiger partial charge in [0.25, 0.3) is 0 Å². The van der Waals surface area contributed by atoms with Gasteiger partial charge in [0.1, 0.15) is 11.4 Å². The number of fused-ring (bicyclic) bond motifs is 1. The van der Waals surface area contributed by atoms with E-state index in [2.05, 4.69) is 22.0 Å². The topological polar surface area (TPSA) is 29.8 Å². The van der Waals surface area contributed by atoms with Gasteiger partial charge in [-0.25, -0.2) is 4.98 Å². The molecule has 20 heavy (non-hydrogen) atoms. The Morgan fingerprint density at radius 2 is 2.00 bits per heavy atom. The second-order valence-electron chi connectivity index (χ2n) is 4.90. The summed E-state index contributed by atoms with van der Waals surface area (Å²) in [4.78, 5) is 6.75. The number of ether oxygens (including phenoxy) is 1. The molecular weight excluding hydrogens is 250 g/mol. The van der Waals surface area contributed by atoms with Crippen molar-refractivity contribution in [2.24, 2.45) is 0 Å². The smallest absolute Gasteiger partial charge is 0.139 e. The fraction of sp³-hybridized carbons (Fsp3) is 0.188. The molecule has 3 aromatic rings. The fourth-order valence-corrected chi connectivity index (χ4v) is 2.17. The minimum Gasteiger partial charge on any atom is -0.497 e. The van der Waals surface area contributed by atoms with Gasteiger partial charge < -0.3 is 14.0 Å². The molecule has 4 heteroatoms. The number of aromatic nitrogens is 2. The molecular formula is C16H17N3O. The lowest BCUT2D eigenvalue weighted by Crippen LogP contribution is -2.08. The third-order valence-corrected chi connectivity index (χ3v) is 3.33. The summed E-state index contributed by atoms with van der Waals surface area (Å²) in [6, 6.07) is 12.1. The zero-order chi connectivity index (χ0) is 14.1. The van der Waals surface area contributed by atoms with Crippen LogP contribution < -0.4 is 9.64 Å². The maximum Gasteiger partial charge on any atom is 0.139 e. The number of pyridine rings is 1. The predicted octanol–water partition coefficient (Wildman–Crippen LogP) is 3.08. The van der Waals surface area contributed by atoms with Crippen molar-refractivity contribution in [3.05, 3.63) is 48.8 Å². The van der Waals surface area contributed by atoms with Crippen LogP contribution in [0.5, 0.6) is 5.75 Å². The summed E-state index contributed by atoms with van der Waals surface area (Å²) >= 11 is 0. The molecule has 3 rings (SSSR count). The second kappa shape index (κ2) is 4.89. The maximum absolute atomic E-state index is 5.26. The van der Waals surface area contributed by atoms with E-state index < -0.39 is 0 Å². The van der Waals surface area contributed by atoms with Crippen molar-refractivity contribution >= 4 is 11.3 Å². The van der Waals surface area contributed by atoms with Crippen LogP contribution in [-0.4, -0.2) is 30.6 Å². The molecule has 102 valence electrons. The molecule has 0 bridgehead atoms. The first-order valence-corrected chi connectivity index (χ1v) is 6.48. The van der Waals surface area contributed by atoms with Crippen LogP contribution in [0.1, 0.15) is 0 Å². The van der Waals surface area contributed by atoms with Gasteiger partial charge in [-0.3, -0.25) is 0 Å². The highest BCUT2D eigenvalue weighted by molar-refractivity contribution is 5.66. The summed E-state index contributed by atoms with van der Waals surface area (Å²) in [5.74, 6) is 0.841. The molecule has 2 heterocycles. The maximum atomic E-state index is 5.26. The summed E-state index contributed by atoms with van der Waals surface area (Å²) in [5, 5.41) is 0. The Hall–Kier alpha value is -2.49. The van der Waals surface area contributed by atoms with E-state index in [1.54, 1.807) is 7.11 Å². The number of benzene rings is 1. The minimum atomic E-state index is 0.841. The molecule has 0 amide bonds. The van der Waals surface area contributed by atoms with E-state index in [0.717, 1.165) is 28.3 Å². The first kappa shape index (κ1) is 12.5. The van der Waals surface area contributed by atoms with Crippen molar-refractivity contribution in [2.75, 3.05) is 26.1 Å². The Morgan fingerprint density at radius 3 is 2.75 bits per heavy atom. The van der Waals surface area contributed by atoms with Gasteiger partial charge in [0.05, 0.1) is 12.8 Å². The zero-order valence-corrected chi connectivity index (χ0v) is 11.9. The van der Waals surface area contributed by atoms with Gasteiger partial charge in [-0.1, -0.05) is 12.1 Å². The molecule has 0 spiro atoms.